The lowest BCUT2D eigenvalue weighted by Crippen LogP contribution is -2.27. The molecule has 4 heteroatoms. The lowest BCUT2D eigenvalue weighted by Gasteiger charge is -2.29. The van der Waals surface area contributed by atoms with Gasteiger partial charge in [0.2, 0.25) is 0 Å². The van der Waals surface area contributed by atoms with Gasteiger partial charge in [-0.15, -0.1) is 11.1 Å². The van der Waals surface area contributed by atoms with Crippen LogP contribution in [0.3, 0.4) is 0 Å². The minimum Gasteiger partial charge on any atom is -0.429 e. The summed E-state index contributed by atoms with van der Waals surface area (Å²) in [5, 5.41) is 0. The molecule has 0 amide bonds. The van der Waals surface area contributed by atoms with Crippen molar-refractivity contribution in [1.82, 2.24) is 0 Å². The van der Waals surface area contributed by atoms with Crippen molar-refractivity contribution >= 4 is 22.1 Å². The summed E-state index contributed by atoms with van der Waals surface area (Å²) in [6, 6.07) is 0. The second-order valence-electron chi connectivity index (χ2n) is 8.79. The number of carbonyl (C=O) groups excluding carboxylic acids is 1. The van der Waals surface area contributed by atoms with E-state index in [-0.39, 0.29) is 11.4 Å². The predicted molar refractivity (Wildman–Crippen MR) is 98.4 cm³/mol. The summed E-state index contributed by atoms with van der Waals surface area (Å²) in [7, 11) is -3.01. The highest BCUT2D eigenvalue weighted by Crippen LogP contribution is 2.36. The summed E-state index contributed by atoms with van der Waals surface area (Å²) < 4.78 is 5.48. The standard InChI is InChI=1S/C18H28O2Si2/c1-18(2)13-16(20-17(19)14-18)15(9-11-21(3,4)5)10-12-22(6,7)8/h13-14H2,1-8H3. The van der Waals surface area contributed by atoms with Crippen molar-refractivity contribution in [2.45, 2.75) is 66.0 Å². The molecule has 0 spiro atoms. The van der Waals surface area contributed by atoms with Crippen LogP contribution in [0.2, 0.25) is 39.3 Å². The first-order chi connectivity index (χ1) is 9.77. The second-order valence-corrected chi connectivity index (χ2v) is 18.3. The fourth-order valence-electron chi connectivity index (χ4n) is 1.91. The molecule has 0 N–H and O–H groups in total. The molecule has 0 aromatic heterocycles. The first kappa shape index (κ1) is 18.8. The van der Waals surface area contributed by atoms with Crippen LogP contribution in [-0.4, -0.2) is 22.1 Å². The van der Waals surface area contributed by atoms with Crippen LogP contribution in [0, 0.1) is 28.3 Å². The van der Waals surface area contributed by atoms with Gasteiger partial charge in [0.05, 0.1) is 6.42 Å². The van der Waals surface area contributed by atoms with Gasteiger partial charge in [0.1, 0.15) is 27.5 Å². The molecule has 1 aliphatic heterocycles. The molecular weight excluding hydrogens is 304 g/mol. The molecule has 22 heavy (non-hydrogen) atoms. The Bertz CT molecular complexity index is 572. The number of ether oxygens (including phenoxy) is 1. The van der Waals surface area contributed by atoms with Gasteiger partial charge in [0.25, 0.3) is 0 Å². The Morgan fingerprint density at radius 3 is 1.77 bits per heavy atom. The fourth-order valence-corrected chi connectivity index (χ4v) is 2.91. The van der Waals surface area contributed by atoms with Crippen molar-refractivity contribution in [3.05, 3.63) is 11.3 Å². The van der Waals surface area contributed by atoms with Crippen LogP contribution in [0.25, 0.3) is 0 Å². The van der Waals surface area contributed by atoms with Gasteiger partial charge >= 0.3 is 5.97 Å². The van der Waals surface area contributed by atoms with Gasteiger partial charge in [-0.1, -0.05) is 65.0 Å². The van der Waals surface area contributed by atoms with E-state index in [1.165, 1.54) is 0 Å². The number of allylic oxidation sites excluding steroid dienone is 2. The zero-order chi connectivity index (χ0) is 17.2. The average Bonchev–Trinajstić information content (AvgIpc) is 2.22. The van der Waals surface area contributed by atoms with E-state index in [1.54, 1.807) is 0 Å². The zero-order valence-electron chi connectivity index (χ0n) is 15.2. The van der Waals surface area contributed by atoms with Gasteiger partial charge in [-0.3, -0.25) is 4.79 Å². The summed E-state index contributed by atoms with van der Waals surface area (Å²) in [4.78, 5) is 11.9. The summed E-state index contributed by atoms with van der Waals surface area (Å²) in [5.41, 5.74) is 7.33. The second kappa shape index (κ2) is 6.48. The highest BCUT2D eigenvalue weighted by molar-refractivity contribution is 6.84. The Morgan fingerprint density at radius 2 is 1.41 bits per heavy atom. The van der Waals surface area contributed by atoms with Crippen molar-refractivity contribution in [3.8, 4) is 22.9 Å². The molecule has 1 fully saturated rings. The monoisotopic (exact) mass is 332 g/mol. The average molecular weight is 333 g/mol. The summed E-state index contributed by atoms with van der Waals surface area (Å²) in [6.45, 7) is 17.4. The van der Waals surface area contributed by atoms with Gasteiger partial charge in [-0.05, 0) is 5.41 Å². The Kier molecular flexibility index (Phi) is 5.54. The maximum Gasteiger partial charge on any atom is 0.311 e. The third kappa shape index (κ3) is 7.16. The number of hydrogen-bond acceptors (Lipinski definition) is 2. The van der Waals surface area contributed by atoms with Gasteiger partial charge in [-0.2, -0.15) is 0 Å². The van der Waals surface area contributed by atoms with E-state index in [1.807, 2.05) is 0 Å². The van der Waals surface area contributed by atoms with Crippen LogP contribution >= 0.6 is 0 Å². The fraction of sp³-hybridized carbons (Fsp3) is 0.611. The summed E-state index contributed by atoms with van der Waals surface area (Å²) >= 11 is 0. The topological polar surface area (TPSA) is 26.3 Å². The van der Waals surface area contributed by atoms with Crippen LogP contribution in [-0.2, 0) is 9.53 Å². The number of hydrogen-bond donors (Lipinski definition) is 0. The normalized spacial score (nSPS) is 17.6. The molecule has 0 aliphatic carbocycles. The van der Waals surface area contributed by atoms with Crippen LogP contribution in [0.4, 0.5) is 0 Å². The van der Waals surface area contributed by atoms with E-state index in [2.05, 4.69) is 76.1 Å². The molecule has 0 aromatic rings. The van der Waals surface area contributed by atoms with Gasteiger partial charge in [0.15, 0.2) is 0 Å². The molecule has 0 atom stereocenters. The first-order valence-electron chi connectivity index (χ1n) is 7.78. The quantitative estimate of drug-likeness (QED) is 0.374. The number of carbonyl (C=O) groups is 1. The van der Waals surface area contributed by atoms with E-state index < -0.39 is 16.1 Å². The Labute approximate surface area is 137 Å². The Balaban J connectivity index is 3.34. The lowest BCUT2D eigenvalue weighted by molar-refractivity contribution is -0.146. The van der Waals surface area contributed by atoms with E-state index in [0.717, 1.165) is 6.42 Å². The van der Waals surface area contributed by atoms with E-state index in [9.17, 15) is 4.79 Å². The third-order valence-corrected chi connectivity index (χ3v) is 4.65. The number of esters is 1. The van der Waals surface area contributed by atoms with Crippen LogP contribution in [0.1, 0.15) is 26.7 Å². The maximum atomic E-state index is 11.9. The number of cyclic esters (lactones) is 1. The Hall–Kier alpha value is -1.24. The van der Waals surface area contributed by atoms with Crippen LogP contribution < -0.4 is 0 Å². The van der Waals surface area contributed by atoms with Gasteiger partial charge in [-0.25, -0.2) is 0 Å². The minimum atomic E-state index is -1.50. The molecule has 0 unspecified atom stereocenters. The van der Waals surface area contributed by atoms with Crippen molar-refractivity contribution < 1.29 is 9.53 Å². The van der Waals surface area contributed by atoms with Crippen molar-refractivity contribution in [3.63, 3.8) is 0 Å². The maximum absolute atomic E-state index is 11.9. The molecule has 0 saturated carbocycles. The molecule has 1 rings (SSSR count). The molecule has 0 bridgehead atoms. The smallest absolute Gasteiger partial charge is 0.311 e. The van der Waals surface area contributed by atoms with Crippen LogP contribution in [0.5, 0.6) is 0 Å². The molecule has 1 saturated heterocycles. The molecule has 1 aliphatic rings. The minimum absolute atomic E-state index is 0.0857. The largest absolute Gasteiger partial charge is 0.429 e. The molecule has 2 nitrogen and oxygen atoms in total. The van der Waals surface area contributed by atoms with Gasteiger partial charge in [0, 0.05) is 6.42 Å². The molecule has 0 aromatic carbocycles. The molecule has 0 radical (unpaired) electrons. The number of rotatable bonds is 0. The van der Waals surface area contributed by atoms with Crippen molar-refractivity contribution in [2.24, 2.45) is 5.41 Å². The predicted octanol–water partition coefficient (Wildman–Crippen LogP) is 4.37. The molecular formula is C18H28O2Si2. The van der Waals surface area contributed by atoms with Gasteiger partial charge < -0.3 is 4.74 Å². The molecule has 120 valence electrons. The van der Waals surface area contributed by atoms with E-state index in [4.69, 9.17) is 4.74 Å². The Morgan fingerprint density at radius 1 is 0.955 bits per heavy atom. The van der Waals surface area contributed by atoms with Crippen molar-refractivity contribution in [2.75, 3.05) is 0 Å². The van der Waals surface area contributed by atoms with Crippen molar-refractivity contribution in [1.29, 1.82) is 0 Å². The zero-order valence-corrected chi connectivity index (χ0v) is 17.2. The highest BCUT2D eigenvalue weighted by atomic mass is 28.3. The summed E-state index contributed by atoms with van der Waals surface area (Å²) in [5.74, 6) is 6.94. The SMILES string of the molecule is CC1(C)CC(=O)OC(=C(C#C[Si](C)(C)C)C#C[Si](C)(C)C)C1. The lowest BCUT2D eigenvalue weighted by atomic mass is 9.82. The summed E-state index contributed by atoms with van der Waals surface area (Å²) in [6.07, 6.45) is 1.17. The van der Waals surface area contributed by atoms with E-state index in [0.29, 0.717) is 17.8 Å². The highest BCUT2D eigenvalue weighted by Gasteiger charge is 2.32. The first-order valence-corrected chi connectivity index (χ1v) is 14.8. The molecule has 1 heterocycles. The third-order valence-electron chi connectivity index (χ3n) is 2.90. The van der Waals surface area contributed by atoms with E-state index >= 15 is 0 Å². The van der Waals surface area contributed by atoms with Crippen LogP contribution in [0.15, 0.2) is 11.3 Å².